The average molecular weight is 330 g/mol. The maximum Gasteiger partial charge on any atom is 0.0476 e. The molecule has 1 aromatic rings. The molecule has 18 heavy (non-hydrogen) atoms. The number of thioether (sulfide) groups is 1. The van der Waals surface area contributed by atoms with Crippen LogP contribution in [0, 0.1) is 0 Å². The van der Waals surface area contributed by atoms with Crippen LogP contribution in [0.1, 0.15) is 30.6 Å². The highest BCUT2D eigenvalue weighted by molar-refractivity contribution is 9.10. The summed E-state index contributed by atoms with van der Waals surface area (Å²) in [4.78, 5) is 0. The number of halogens is 1. The van der Waals surface area contributed by atoms with E-state index < -0.39 is 0 Å². The summed E-state index contributed by atoms with van der Waals surface area (Å²) in [6.07, 6.45) is 2.29. The van der Waals surface area contributed by atoms with Crippen LogP contribution in [0.25, 0.3) is 0 Å². The normalized spacial score (nSPS) is 20.6. The summed E-state index contributed by atoms with van der Waals surface area (Å²) in [6, 6.07) is 8.69. The van der Waals surface area contributed by atoms with Crippen molar-refractivity contribution < 1.29 is 4.74 Å². The third-order valence-corrected chi connectivity index (χ3v) is 5.56. The topological polar surface area (TPSA) is 35.2 Å². The fraction of sp³-hybridized carbons (Fsp3) is 0.571. The minimum Gasteiger partial charge on any atom is -0.381 e. The molecule has 2 atom stereocenters. The quantitative estimate of drug-likeness (QED) is 0.913. The zero-order chi connectivity index (χ0) is 13.0. The number of rotatable bonds is 4. The van der Waals surface area contributed by atoms with Crippen LogP contribution in [0.2, 0.25) is 0 Å². The Balaban J connectivity index is 2.05. The van der Waals surface area contributed by atoms with E-state index >= 15 is 0 Å². The fourth-order valence-electron chi connectivity index (χ4n) is 2.18. The van der Waals surface area contributed by atoms with Crippen molar-refractivity contribution in [3.05, 3.63) is 34.3 Å². The maximum atomic E-state index is 6.16. The number of benzene rings is 1. The second-order valence-electron chi connectivity index (χ2n) is 4.78. The van der Waals surface area contributed by atoms with Crippen LogP contribution in [-0.4, -0.2) is 24.5 Å². The first-order valence-corrected chi connectivity index (χ1v) is 8.14. The van der Waals surface area contributed by atoms with Crippen molar-refractivity contribution in [1.82, 2.24) is 0 Å². The summed E-state index contributed by atoms with van der Waals surface area (Å²) in [6.45, 7) is 3.88. The lowest BCUT2D eigenvalue weighted by molar-refractivity contribution is 0.0999. The van der Waals surface area contributed by atoms with Gasteiger partial charge in [0.25, 0.3) is 0 Å². The molecule has 0 saturated carbocycles. The molecule has 1 aliphatic rings. The zero-order valence-corrected chi connectivity index (χ0v) is 13.0. The van der Waals surface area contributed by atoms with Gasteiger partial charge in [-0.05, 0) is 37.5 Å². The number of hydrogen-bond acceptors (Lipinski definition) is 3. The van der Waals surface area contributed by atoms with E-state index in [1.54, 1.807) is 0 Å². The number of ether oxygens (including phenoxy) is 1. The predicted molar refractivity (Wildman–Crippen MR) is 82.0 cm³/mol. The van der Waals surface area contributed by atoms with Gasteiger partial charge in [-0.15, -0.1) is 11.8 Å². The number of hydrogen-bond donors (Lipinski definition) is 1. The van der Waals surface area contributed by atoms with E-state index in [0.29, 0.717) is 10.5 Å². The molecule has 0 bridgehead atoms. The lowest BCUT2D eigenvalue weighted by Gasteiger charge is -2.28. The van der Waals surface area contributed by atoms with Gasteiger partial charge in [0.2, 0.25) is 0 Å². The van der Waals surface area contributed by atoms with Gasteiger partial charge >= 0.3 is 0 Å². The molecule has 0 aromatic heterocycles. The summed E-state index contributed by atoms with van der Waals surface area (Å²) in [5.41, 5.74) is 7.48. The molecule has 1 saturated heterocycles. The van der Waals surface area contributed by atoms with Crippen molar-refractivity contribution in [3.8, 4) is 0 Å². The molecule has 2 rings (SSSR count). The van der Waals surface area contributed by atoms with E-state index in [0.717, 1.165) is 30.5 Å². The Hall–Kier alpha value is -0.0300. The van der Waals surface area contributed by atoms with Crippen molar-refractivity contribution in [2.45, 2.75) is 36.3 Å². The minimum absolute atomic E-state index is 0.166. The molecule has 1 aliphatic heterocycles. The molecule has 2 N–H and O–H groups in total. The Kier molecular flexibility index (Phi) is 5.55. The SMILES string of the molecule is CC(N)C(SC1CCOCC1)c1ccc(Br)cc1. The van der Waals surface area contributed by atoms with E-state index in [-0.39, 0.29) is 6.04 Å². The van der Waals surface area contributed by atoms with Gasteiger partial charge in [0.15, 0.2) is 0 Å². The van der Waals surface area contributed by atoms with Crippen molar-refractivity contribution in [2.24, 2.45) is 5.73 Å². The highest BCUT2D eigenvalue weighted by Crippen LogP contribution is 2.38. The highest BCUT2D eigenvalue weighted by Gasteiger charge is 2.23. The first kappa shape index (κ1) is 14.4. The molecular formula is C14H20BrNOS. The summed E-state index contributed by atoms with van der Waals surface area (Å²) in [7, 11) is 0. The fourth-order valence-corrected chi connectivity index (χ4v) is 3.88. The van der Waals surface area contributed by atoms with E-state index in [9.17, 15) is 0 Å². The van der Waals surface area contributed by atoms with Gasteiger partial charge in [0.1, 0.15) is 0 Å². The van der Waals surface area contributed by atoms with Crippen LogP contribution < -0.4 is 5.73 Å². The largest absolute Gasteiger partial charge is 0.381 e. The third-order valence-electron chi connectivity index (χ3n) is 3.18. The second-order valence-corrected chi connectivity index (χ2v) is 7.14. The van der Waals surface area contributed by atoms with Gasteiger partial charge < -0.3 is 10.5 Å². The van der Waals surface area contributed by atoms with Gasteiger partial charge in [0.05, 0.1) is 0 Å². The molecule has 1 aromatic carbocycles. The standard InChI is InChI=1S/C14H20BrNOS/c1-10(16)14(11-2-4-12(15)5-3-11)18-13-6-8-17-9-7-13/h2-5,10,13-14H,6-9,16H2,1H3. The number of nitrogens with two attached hydrogens (primary N) is 1. The van der Waals surface area contributed by atoms with Crippen molar-refractivity contribution >= 4 is 27.7 Å². The van der Waals surface area contributed by atoms with Crippen LogP contribution in [-0.2, 0) is 4.74 Å². The van der Waals surface area contributed by atoms with Gasteiger partial charge in [-0.25, -0.2) is 0 Å². The Morgan fingerprint density at radius 3 is 2.44 bits per heavy atom. The molecule has 2 unspecified atom stereocenters. The van der Waals surface area contributed by atoms with Crippen LogP contribution in [0.3, 0.4) is 0 Å². The van der Waals surface area contributed by atoms with Crippen LogP contribution in [0.15, 0.2) is 28.7 Å². The average Bonchev–Trinajstić information content (AvgIpc) is 2.38. The summed E-state index contributed by atoms with van der Waals surface area (Å²) < 4.78 is 6.53. The Morgan fingerprint density at radius 2 is 1.89 bits per heavy atom. The van der Waals surface area contributed by atoms with Gasteiger partial charge in [-0.2, -0.15) is 0 Å². The van der Waals surface area contributed by atoms with Gasteiger partial charge in [0, 0.05) is 34.2 Å². The van der Waals surface area contributed by atoms with Crippen molar-refractivity contribution in [3.63, 3.8) is 0 Å². The van der Waals surface area contributed by atoms with E-state index in [1.165, 1.54) is 5.56 Å². The molecule has 0 amide bonds. The van der Waals surface area contributed by atoms with Crippen molar-refractivity contribution in [2.75, 3.05) is 13.2 Å². The molecule has 0 aliphatic carbocycles. The summed E-state index contributed by atoms with van der Waals surface area (Å²) >= 11 is 5.49. The maximum absolute atomic E-state index is 6.16. The second kappa shape index (κ2) is 6.94. The Labute approximate surface area is 122 Å². The molecule has 4 heteroatoms. The van der Waals surface area contributed by atoms with Crippen molar-refractivity contribution in [1.29, 1.82) is 0 Å². The molecule has 1 heterocycles. The smallest absolute Gasteiger partial charge is 0.0476 e. The van der Waals surface area contributed by atoms with E-state index in [4.69, 9.17) is 10.5 Å². The Morgan fingerprint density at radius 1 is 1.28 bits per heavy atom. The summed E-state index contributed by atoms with van der Waals surface area (Å²) in [5.74, 6) is 0. The van der Waals surface area contributed by atoms with Crippen LogP contribution in [0.4, 0.5) is 0 Å². The first-order chi connectivity index (χ1) is 8.66. The molecule has 0 spiro atoms. The molecule has 1 fully saturated rings. The van der Waals surface area contributed by atoms with E-state index in [1.807, 2.05) is 11.8 Å². The highest BCUT2D eigenvalue weighted by atomic mass is 79.9. The minimum atomic E-state index is 0.166. The zero-order valence-electron chi connectivity index (χ0n) is 10.6. The van der Waals surface area contributed by atoms with E-state index in [2.05, 4.69) is 47.1 Å². The lowest BCUT2D eigenvalue weighted by atomic mass is 10.1. The molecule has 100 valence electrons. The third kappa shape index (κ3) is 3.98. The predicted octanol–water partition coefficient (Wildman–Crippen LogP) is 3.75. The Bertz CT molecular complexity index is 363. The monoisotopic (exact) mass is 329 g/mol. The first-order valence-electron chi connectivity index (χ1n) is 6.41. The summed E-state index contributed by atoms with van der Waals surface area (Å²) in [5, 5.41) is 1.06. The van der Waals surface area contributed by atoms with Gasteiger partial charge in [-0.1, -0.05) is 28.1 Å². The molecule has 2 nitrogen and oxygen atoms in total. The molecular weight excluding hydrogens is 310 g/mol. The molecule has 0 radical (unpaired) electrons. The van der Waals surface area contributed by atoms with Gasteiger partial charge in [-0.3, -0.25) is 0 Å². The van der Waals surface area contributed by atoms with Crippen LogP contribution >= 0.6 is 27.7 Å². The lowest BCUT2D eigenvalue weighted by Crippen LogP contribution is -2.26. The van der Waals surface area contributed by atoms with Crippen LogP contribution in [0.5, 0.6) is 0 Å².